The van der Waals surface area contributed by atoms with Crippen LogP contribution in [0, 0.1) is 12.8 Å². The SMILES string of the molecule is CCOC(=O)[C@H](Cc1ccccc1C)[C@H](O)c1ccccc1. The largest absolute Gasteiger partial charge is 0.466 e. The molecule has 0 unspecified atom stereocenters. The number of esters is 1. The Labute approximate surface area is 131 Å². The zero-order chi connectivity index (χ0) is 15.9. The first-order valence-corrected chi connectivity index (χ1v) is 7.57. The van der Waals surface area contributed by atoms with Gasteiger partial charge in [-0.1, -0.05) is 54.6 Å². The van der Waals surface area contributed by atoms with Gasteiger partial charge < -0.3 is 9.84 Å². The number of aryl methyl sites for hydroxylation is 1. The Balaban J connectivity index is 2.27. The highest BCUT2D eigenvalue weighted by molar-refractivity contribution is 5.74. The molecule has 22 heavy (non-hydrogen) atoms. The molecule has 1 N–H and O–H groups in total. The molecule has 0 aromatic heterocycles. The molecule has 2 aromatic carbocycles. The summed E-state index contributed by atoms with van der Waals surface area (Å²) in [6.45, 7) is 4.09. The predicted molar refractivity (Wildman–Crippen MR) is 86.4 cm³/mol. The van der Waals surface area contributed by atoms with Crippen molar-refractivity contribution in [3.05, 3.63) is 71.3 Å². The Morgan fingerprint density at radius 3 is 2.36 bits per heavy atom. The van der Waals surface area contributed by atoms with E-state index in [1.807, 2.05) is 61.5 Å². The lowest BCUT2D eigenvalue weighted by molar-refractivity contribution is -0.152. The highest BCUT2D eigenvalue weighted by Gasteiger charge is 2.29. The van der Waals surface area contributed by atoms with Crippen molar-refractivity contribution in [1.82, 2.24) is 0 Å². The molecule has 2 aromatic rings. The molecule has 0 aliphatic rings. The number of benzene rings is 2. The Hall–Kier alpha value is -2.13. The summed E-state index contributed by atoms with van der Waals surface area (Å²) in [5.41, 5.74) is 2.89. The second kappa shape index (κ2) is 7.76. The highest BCUT2D eigenvalue weighted by Crippen LogP contribution is 2.27. The molecule has 0 aliphatic heterocycles. The molecule has 0 bridgehead atoms. The van der Waals surface area contributed by atoms with Gasteiger partial charge in [-0.15, -0.1) is 0 Å². The van der Waals surface area contributed by atoms with E-state index < -0.39 is 12.0 Å². The second-order valence-electron chi connectivity index (χ2n) is 5.34. The van der Waals surface area contributed by atoms with Crippen molar-refractivity contribution < 1.29 is 14.6 Å². The van der Waals surface area contributed by atoms with Gasteiger partial charge in [0, 0.05) is 0 Å². The van der Waals surface area contributed by atoms with E-state index in [0.717, 1.165) is 16.7 Å². The maximum atomic E-state index is 12.3. The zero-order valence-electron chi connectivity index (χ0n) is 13.0. The van der Waals surface area contributed by atoms with Gasteiger partial charge in [0.15, 0.2) is 0 Å². The number of aliphatic hydroxyl groups excluding tert-OH is 1. The summed E-state index contributed by atoms with van der Waals surface area (Å²) >= 11 is 0. The Morgan fingerprint density at radius 1 is 1.09 bits per heavy atom. The van der Waals surface area contributed by atoms with Crippen LogP contribution in [0.15, 0.2) is 54.6 Å². The standard InChI is InChI=1S/C19H22O3/c1-3-22-19(21)17(13-16-12-8-7-9-14(16)2)18(20)15-10-5-4-6-11-15/h4-12,17-18,20H,3,13H2,1-2H3/t17-,18-/m1/s1. The first-order chi connectivity index (χ1) is 10.6. The van der Waals surface area contributed by atoms with Crippen LogP contribution in [0.2, 0.25) is 0 Å². The van der Waals surface area contributed by atoms with E-state index >= 15 is 0 Å². The maximum absolute atomic E-state index is 12.3. The minimum atomic E-state index is -0.875. The average molecular weight is 298 g/mol. The molecule has 0 saturated carbocycles. The van der Waals surface area contributed by atoms with Crippen LogP contribution >= 0.6 is 0 Å². The van der Waals surface area contributed by atoms with Crippen LogP contribution in [0.3, 0.4) is 0 Å². The number of carbonyl (C=O) groups excluding carboxylic acids is 1. The van der Waals surface area contributed by atoms with Gasteiger partial charge in [0.1, 0.15) is 0 Å². The van der Waals surface area contributed by atoms with Crippen molar-refractivity contribution in [1.29, 1.82) is 0 Å². The summed E-state index contributed by atoms with van der Waals surface area (Å²) in [5.74, 6) is -0.967. The van der Waals surface area contributed by atoms with Gasteiger partial charge in [-0.25, -0.2) is 0 Å². The van der Waals surface area contributed by atoms with E-state index in [1.165, 1.54) is 0 Å². The van der Waals surface area contributed by atoms with Crippen LogP contribution in [0.5, 0.6) is 0 Å². The minimum absolute atomic E-state index is 0.310. The smallest absolute Gasteiger partial charge is 0.312 e. The van der Waals surface area contributed by atoms with Crippen LogP contribution in [0.4, 0.5) is 0 Å². The van der Waals surface area contributed by atoms with Crippen LogP contribution in [-0.4, -0.2) is 17.7 Å². The summed E-state index contributed by atoms with van der Waals surface area (Å²) in [5, 5.41) is 10.6. The van der Waals surface area contributed by atoms with Gasteiger partial charge in [0.25, 0.3) is 0 Å². The number of aliphatic hydroxyl groups is 1. The number of carbonyl (C=O) groups is 1. The lowest BCUT2D eigenvalue weighted by Crippen LogP contribution is -2.27. The third-order valence-corrected chi connectivity index (χ3v) is 3.81. The van der Waals surface area contributed by atoms with Gasteiger partial charge in [-0.2, -0.15) is 0 Å². The second-order valence-corrected chi connectivity index (χ2v) is 5.34. The van der Waals surface area contributed by atoms with Crippen LogP contribution in [0.1, 0.15) is 29.7 Å². The molecule has 3 nitrogen and oxygen atoms in total. The maximum Gasteiger partial charge on any atom is 0.312 e. The molecule has 116 valence electrons. The minimum Gasteiger partial charge on any atom is -0.466 e. The van der Waals surface area contributed by atoms with E-state index in [9.17, 15) is 9.90 Å². The molecule has 0 spiro atoms. The number of hydrogen-bond donors (Lipinski definition) is 1. The fraction of sp³-hybridized carbons (Fsp3) is 0.316. The zero-order valence-corrected chi connectivity index (χ0v) is 13.0. The molecular weight excluding hydrogens is 276 g/mol. The third kappa shape index (κ3) is 3.95. The molecule has 2 atom stereocenters. The summed E-state index contributed by atoms with van der Waals surface area (Å²) in [7, 11) is 0. The summed E-state index contributed by atoms with van der Waals surface area (Å²) < 4.78 is 5.16. The van der Waals surface area contributed by atoms with E-state index in [0.29, 0.717) is 13.0 Å². The van der Waals surface area contributed by atoms with Gasteiger partial charge in [0.2, 0.25) is 0 Å². The van der Waals surface area contributed by atoms with Crippen molar-refractivity contribution in [3.8, 4) is 0 Å². The molecule has 3 heteroatoms. The van der Waals surface area contributed by atoms with E-state index in [4.69, 9.17) is 4.74 Å². The van der Waals surface area contributed by atoms with Crippen molar-refractivity contribution in [2.45, 2.75) is 26.4 Å². The lowest BCUT2D eigenvalue weighted by atomic mass is 9.88. The van der Waals surface area contributed by atoms with Gasteiger partial charge in [0.05, 0.1) is 18.6 Å². The van der Waals surface area contributed by atoms with Crippen LogP contribution < -0.4 is 0 Å². The van der Waals surface area contributed by atoms with E-state index in [-0.39, 0.29) is 5.97 Å². The molecule has 0 radical (unpaired) electrons. The Morgan fingerprint density at radius 2 is 1.73 bits per heavy atom. The number of ether oxygens (including phenoxy) is 1. The van der Waals surface area contributed by atoms with E-state index in [1.54, 1.807) is 6.92 Å². The van der Waals surface area contributed by atoms with Crippen molar-refractivity contribution in [2.75, 3.05) is 6.61 Å². The average Bonchev–Trinajstić information content (AvgIpc) is 2.54. The molecule has 0 amide bonds. The fourth-order valence-electron chi connectivity index (χ4n) is 2.53. The molecular formula is C19H22O3. The Kier molecular flexibility index (Phi) is 5.73. The molecule has 0 saturated heterocycles. The van der Waals surface area contributed by atoms with Gasteiger partial charge in [-0.3, -0.25) is 4.79 Å². The van der Waals surface area contributed by atoms with Crippen molar-refractivity contribution in [3.63, 3.8) is 0 Å². The van der Waals surface area contributed by atoms with Crippen LogP contribution in [0.25, 0.3) is 0 Å². The monoisotopic (exact) mass is 298 g/mol. The summed E-state index contributed by atoms with van der Waals surface area (Å²) in [6.07, 6.45) is -0.415. The van der Waals surface area contributed by atoms with Crippen molar-refractivity contribution in [2.24, 2.45) is 5.92 Å². The number of hydrogen-bond acceptors (Lipinski definition) is 3. The van der Waals surface area contributed by atoms with Crippen molar-refractivity contribution >= 4 is 5.97 Å². The molecule has 0 heterocycles. The van der Waals surface area contributed by atoms with E-state index in [2.05, 4.69) is 0 Å². The van der Waals surface area contributed by atoms with Crippen LogP contribution in [-0.2, 0) is 16.0 Å². The predicted octanol–water partition coefficient (Wildman–Crippen LogP) is 3.45. The first kappa shape index (κ1) is 16.2. The molecule has 0 fully saturated rings. The van der Waals surface area contributed by atoms with Gasteiger partial charge >= 0.3 is 5.97 Å². The molecule has 0 aliphatic carbocycles. The first-order valence-electron chi connectivity index (χ1n) is 7.57. The molecule has 2 rings (SSSR count). The van der Waals surface area contributed by atoms with Gasteiger partial charge in [-0.05, 0) is 37.0 Å². The number of rotatable bonds is 6. The summed E-state index contributed by atoms with van der Waals surface area (Å²) in [4.78, 5) is 12.3. The normalized spacial score (nSPS) is 13.4. The lowest BCUT2D eigenvalue weighted by Gasteiger charge is -2.22. The Bertz CT molecular complexity index is 607. The highest BCUT2D eigenvalue weighted by atomic mass is 16.5. The quantitative estimate of drug-likeness (QED) is 0.831. The third-order valence-electron chi connectivity index (χ3n) is 3.81. The fourth-order valence-corrected chi connectivity index (χ4v) is 2.53. The summed E-state index contributed by atoms with van der Waals surface area (Å²) in [6, 6.07) is 17.2. The topological polar surface area (TPSA) is 46.5 Å².